The highest BCUT2D eigenvalue weighted by molar-refractivity contribution is 5.80. The Kier molecular flexibility index (Phi) is 5.67. The number of benzene rings is 1. The van der Waals surface area contributed by atoms with Crippen molar-refractivity contribution in [2.45, 2.75) is 38.7 Å². The van der Waals surface area contributed by atoms with Crippen LogP contribution in [0.3, 0.4) is 0 Å². The van der Waals surface area contributed by atoms with Gasteiger partial charge in [-0.3, -0.25) is 4.79 Å². The minimum atomic E-state index is -0.527. The molecular formula is C17H23NO3. The lowest BCUT2D eigenvalue weighted by molar-refractivity contribution is -0.127. The monoisotopic (exact) mass is 289 g/mol. The van der Waals surface area contributed by atoms with Gasteiger partial charge in [0.1, 0.15) is 11.5 Å². The Morgan fingerprint density at radius 1 is 1.33 bits per heavy atom. The number of carbonyl (C=O) groups excluding carboxylic acids is 1. The van der Waals surface area contributed by atoms with Crippen LogP contribution >= 0.6 is 0 Å². The van der Waals surface area contributed by atoms with Crippen molar-refractivity contribution < 1.29 is 14.3 Å². The summed E-state index contributed by atoms with van der Waals surface area (Å²) in [5.41, 5.74) is 1.32. The fourth-order valence-electron chi connectivity index (χ4n) is 2.34. The van der Waals surface area contributed by atoms with Crippen molar-refractivity contribution in [3.8, 4) is 11.5 Å². The van der Waals surface area contributed by atoms with Crippen LogP contribution in [0.1, 0.15) is 32.6 Å². The van der Waals surface area contributed by atoms with Crippen molar-refractivity contribution in [3.05, 3.63) is 35.9 Å². The number of amides is 1. The Hall–Kier alpha value is -1.97. The molecular weight excluding hydrogens is 266 g/mol. The van der Waals surface area contributed by atoms with E-state index in [2.05, 4.69) is 11.4 Å². The van der Waals surface area contributed by atoms with Gasteiger partial charge in [0.05, 0.1) is 7.11 Å². The summed E-state index contributed by atoms with van der Waals surface area (Å²) in [5.74, 6) is 1.26. The molecule has 0 bridgehead atoms. The molecule has 0 saturated heterocycles. The van der Waals surface area contributed by atoms with Gasteiger partial charge >= 0.3 is 0 Å². The van der Waals surface area contributed by atoms with E-state index < -0.39 is 6.10 Å². The molecule has 0 saturated carbocycles. The summed E-state index contributed by atoms with van der Waals surface area (Å²) in [6.45, 7) is 2.38. The molecule has 21 heavy (non-hydrogen) atoms. The van der Waals surface area contributed by atoms with E-state index in [1.54, 1.807) is 20.1 Å². The van der Waals surface area contributed by atoms with Gasteiger partial charge in [0.15, 0.2) is 6.10 Å². The van der Waals surface area contributed by atoms with E-state index in [0.29, 0.717) is 18.0 Å². The topological polar surface area (TPSA) is 47.6 Å². The Balaban J connectivity index is 1.82. The molecule has 2 rings (SSSR count). The second kappa shape index (κ2) is 7.72. The summed E-state index contributed by atoms with van der Waals surface area (Å²) in [4.78, 5) is 12.0. The summed E-state index contributed by atoms with van der Waals surface area (Å²) in [5, 5.41) is 2.94. The molecule has 0 aliphatic heterocycles. The number of rotatable bonds is 6. The smallest absolute Gasteiger partial charge is 0.261 e. The van der Waals surface area contributed by atoms with E-state index in [1.807, 2.05) is 18.2 Å². The highest BCUT2D eigenvalue weighted by Crippen LogP contribution is 2.20. The Morgan fingerprint density at radius 2 is 2.14 bits per heavy atom. The number of allylic oxidation sites excluding steroid dienone is 1. The van der Waals surface area contributed by atoms with Crippen LogP contribution in [0.5, 0.6) is 11.5 Å². The molecule has 1 aliphatic carbocycles. The molecule has 4 nitrogen and oxygen atoms in total. The normalized spacial score (nSPS) is 15.8. The molecule has 0 heterocycles. The van der Waals surface area contributed by atoms with Gasteiger partial charge in [-0.1, -0.05) is 17.7 Å². The average Bonchev–Trinajstić information content (AvgIpc) is 2.53. The van der Waals surface area contributed by atoms with Crippen LogP contribution in [0.15, 0.2) is 35.9 Å². The molecule has 1 atom stereocenters. The quantitative estimate of drug-likeness (QED) is 0.819. The largest absolute Gasteiger partial charge is 0.497 e. The van der Waals surface area contributed by atoms with Gasteiger partial charge in [0, 0.05) is 12.6 Å². The van der Waals surface area contributed by atoms with Crippen LogP contribution in [0, 0.1) is 0 Å². The maximum absolute atomic E-state index is 12.0. The summed E-state index contributed by atoms with van der Waals surface area (Å²) in [7, 11) is 1.60. The minimum absolute atomic E-state index is 0.0932. The highest BCUT2D eigenvalue weighted by Gasteiger charge is 2.15. The third kappa shape index (κ3) is 4.81. The van der Waals surface area contributed by atoms with Crippen LogP contribution in [0.4, 0.5) is 0 Å². The van der Waals surface area contributed by atoms with Gasteiger partial charge in [-0.25, -0.2) is 0 Å². The van der Waals surface area contributed by atoms with Crippen molar-refractivity contribution in [2.75, 3.05) is 13.7 Å². The zero-order valence-electron chi connectivity index (χ0n) is 12.7. The zero-order chi connectivity index (χ0) is 15.1. The highest BCUT2D eigenvalue weighted by atomic mass is 16.5. The lowest BCUT2D eigenvalue weighted by atomic mass is 10.00. The molecule has 0 spiro atoms. The molecule has 1 N–H and O–H groups in total. The molecule has 0 fully saturated rings. The SMILES string of the molecule is COc1cccc(O[C@H](C)C(=O)NCC2=CCCCC2)c1. The number of hydrogen-bond donors (Lipinski definition) is 1. The van der Waals surface area contributed by atoms with Gasteiger partial charge in [-0.05, 0) is 44.7 Å². The van der Waals surface area contributed by atoms with E-state index in [4.69, 9.17) is 9.47 Å². The fourth-order valence-corrected chi connectivity index (χ4v) is 2.34. The number of carbonyl (C=O) groups is 1. The van der Waals surface area contributed by atoms with Gasteiger partial charge in [-0.15, -0.1) is 0 Å². The van der Waals surface area contributed by atoms with Crippen molar-refractivity contribution in [1.82, 2.24) is 5.32 Å². The lowest BCUT2D eigenvalue weighted by Gasteiger charge is -2.17. The molecule has 0 radical (unpaired) electrons. The zero-order valence-corrected chi connectivity index (χ0v) is 12.7. The van der Waals surface area contributed by atoms with Crippen LogP contribution in [-0.4, -0.2) is 25.7 Å². The van der Waals surface area contributed by atoms with Gasteiger partial charge in [0.25, 0.3) is 5.91 Å². The van der Waals surface area contributed by atoms with Crippen molar-refractivity contribution in [1.29, 1.82) is 0 Å². The first-order valence-electron chi connectivity index (χ1n) is 7.45. The summed E-state index contributed by atoms with van der Waals surface area (Å²) in [6, 6.07) is 7.27. The number of ether oxygens (including phenoxy) is 2. The molecule has 0 unspecified atom stereocenters. The third-order valence-corrected chi connectivity index (χ3v) is 3.60. The first kappa shape index (κ1) is 15.4. The molecule has 1 aromatic rings. The van der Waals surface area contributed by atoms with Gasteiger partial charge in [0.2, 0.25) is 0 Å². The van der Waals surface area contributed by atoms with E-state index >= 15 is 0 Å². The minimum Gasteiger partial charge on any atom is -0.497 e. The number of methoxy groups -OCH3 is 1. The average molecular weight is 289 g/mol. The molecule has 1 aromatic carbocycles. The van der Waals surface area contributed by atoms with Gasteiger partial charge < -0.3 is 14.8 Å². The summed E-state index contributed by atoms with van der Waals surface area (Å²) >= 11 is 0. The Morgan fingerprint density at radius 3 is 2.86 bits per heavy atom. The predicted octanol–water partition coefficient (Wildman–Crippen LogP) is 3.08. The molecule has 114 valence electrons. The third-order valence-electron chi connectivity index (χ3n) is 3.60. The van der Waals surface area contributed by atoms with Crippen LogP contribution in [-0.2, 0) is 4.79 Å². The van der Waals surface area contributed by atoms with E-state index in [9.17, 15) is 4.79 Å². The second-order valence-electron chi connectivity index (χ2n) is 5.27. The maximum Gasteiger partial charge on any atom is 0.261 e. The predicted molar refractivity (Wildman–Crippen MR) is 82.6 cm³/mol. The van der Waals surface area contributed by atoms with E-state index in [0.717, 1.165) is 12.8 Å². The lowest BCUT2D eigenvalue weighted by Crippen LogP contribution is -2.37. The first-order chi connectivity index (χ1) is 10.2. The molecule has 4 heteroatoms. The van der Waals surface area contributed by atoms with Gasteiger partial charge in [-0.2, -0.15) is 0 Å². The molecule has 0 aromatic heterocycles. The maximum atomic E-state index is 12.0. The standard InChI is InChI=1S/C17H23NO3/c1-13(21-16-10-6-9-15(11-16)20-2)17(19)18-12-14-7-4-3-5-8-14/h6-7,9-11,13H,3-5,8,12H2,1-2H3,(H,18,19)/t13-/m1/s1. The summed E-state index contributed by atoms with van der Waals surface area (Å²) in [6.07, 6.45) is 6.40. The van der Waals surface area contributed by atoms with E-state index in [-0.39, 0.29) is 5.91 Å². The Labute approximate surface area is 126 Å². The van der Waals surface area contributed by atoms with E-state index in [1.165, 1.54) is 18.4 Å². The van der Waals surface area contributed by atoms with Crippen LogP contribution in [0.2, 0.25) is 0 Å². The first-order valence-corrected chi connectivity index (χ1v) is 7.45. The van der Waals surface area contributed by atoms with Crippen LogP contribution < -0.4 is 14.8 Å². The van der Waals surface area contributed by atoms with Crippen LogP contribution in [0.25, 0.3) is 0 Å². The van der Waals surface area contributed by atoms with Crippen molar-refractivity contribution in [3.63, 3.8) is 0 Å². The summed E-state index contributed by atoms with van der Waals surface area (Å²) < 4.78 is 10.8. The second-order valence-corrected chi connectivity index (χ2v) is 5.27. The van der Waals surface area contributed by atoms with Crippen molar-refractivity contribution in [2.24, 2.45) is 0 Å². The van der Waals surface area contributed by atoms with Crippen molar-refractivity contribution >= 4 is 5.91 Å². The Bertz CT molecular complexity index is 511. The number of hydrogen-bond acceptors (Lipinski definition) is 3. The number of nitrogens with one attached hydrogen (secondary N) is 1. The fraction of sp³-hybridized carbons (Fsp3) is 0.471. The molecule has 1 amide bonds. The molecule has 1 aliphatic rings.